The third-order valence-corrected chi connectivity index (χ3v) is 2.66. The first-order valence-corrected chi connectivity index (χ1v) is 5.70. The van der Waals surface area contributed by atoms with Crippen LogP contribution in [0.25, 0.3) is 0 Å². The quantitative estimate of drug-likeness (QED) is 0.661. The number of hydrogen-bond acceptors (Lipinski definition) is 5. The first-order chi connectivity index (χ1) is 9.59. The fraction of sp³-hybridized carbons (Fsp3) is 0.0833. The lowest BCUT2D eigenvalue weighted by atomic mass is 10.2. The van der Waals surface area contributed by atoms with Crippen molar-refractivity contribution < 1.29 is 14.8 Å². The smallest absolute Gasteiger partial charge is 0.362 e. The topological polar surface area (TPSA) is 112 Å². The van der Waals surface area contributed by atoms with Crippen LogP contribution in [0.1, 0.15) is 5.56 Å². The molecule has 0 unspecified atom stereocenters. The summed E-state index contributed by atoms with van der Waals surface area (Å²) in [7, 11) is 0. The fourth-order valence-corrected chi connectivity index (χ4v) is 1.73. The molecule has 0 aliphatic heterocycles. The van der Waals surface area contributed by atoms with E-state index < -0.39 is 9.85 Å². The number of rotatable bonds is 5. The van der Waals surface area contributed by atoms with Crippen molar-refractivity contribution in [3.63, 3.8) is 0 Å². The van der Waals surface area contributed by atoms with Gasteiger partial charge >= 0.3 is 11.4 Å². The average Bonchev–Trinajstić information content (AvgIpc) is 2.45. The highest BCUT2D eigenvalue weighted by Gasteiger charge is 2.28. The highest BCUT2D eigenvalue weighted by molar-refractivity contribution is 5.71. The van der Waals surface area contributed by atoms with E-state index in [9.17, 15) is 20.2 Å². The number of pyridine rings is 1. The van der Waals surface area contributed by atoms with Gasteiger partial charge in [0.1, 0.15) is 0 Å². The zero-order chi connectivity index (χ0) is 14.5. The van der Waals surface area contributed by atoms with Crippen LogP contribution in [0.3, 0.4) is 0 Å². The Balaban J connectivity index is 2.33. The number of aromatic nitrogens is 1. The van der Waals surface area contributed by atoms with Crippen LogP contribution in [0.5, 0.6) is 0 Å². The van der Waals surface area contributed by atoms with E-state index in [0.717, 1.165) is 18.0 Å². The summed E-state index contributed by atoms with van der Waals surface area (Å²) in [4.78, 5) is 22.9. The molecule has 0 saturated heterocycles. The van der Waals surface area contributed by atoms with Crippen molar-refractivity contribution >= 4 is 17.1 Å². The molecule has 0 saturated carbocycles. The van der Waals surface area contributed by atoms with E-state index in [2.05, 4.69) is 10.3 Å². The highest BCUT2D eigenvalue weighted by atomic mass is 16.6. The zero-order valence-electron chi connectivity index (χ0n) is 10.3. The lowest BCUT2D eigenvalue weighted by Crippen LogP contribution is -2.11. The van der Waals surface area contributed by atoms with Gasteiger partial charge in [0.15, 0.2) is 0 Å². The van der Waals surface area contributed by atoms with E-state index in [1.165, 1.54) is 0 Å². The van der Waals surface area contributed by atoms with Crippen LogP contribution in [-0.2, 0) is 6.54 Å². The summed E-state index contributed by atoms with van der Waals surface area (Å²) in [5.74, 6) is 0. The molecule has 8 heteroatoms. The lowest BCUT2D eigenvalue weighted by molar-refractivity contribution is -0.438. The molecule has 20 heavy (non-hydrogen) atoms. The van der Waals surface area contributed by atoms with Gasteiger partial charge in [-0.15, -0.1) is 0 Å². The van der Waals surface area contributed by atoms with E-state index in [0.29, 0.717) is 0 Å². The fourth-order valence-electron chi connectivity index (χ4n) is 1.73. The molecule has 0 atom stereocenters. The summed E-state index contributed by atoms with van der Waals surface area (Å²) in [6, 6.07) is 9.11. The SMILES string of the molecule is O=[N+]([O-])c1c[nH+]cc([N+](=O)[O-])c1NCc1ccccc1. The van der Waals surface area contributed by atoms with E-state index >= 15 is 0 Å². The summed E-state index contributed by atoms with van der Waals surface area (Å²) >= 11 is 0. The number of aromatic amines is 1. The van der Waals surface area contributed by atoms with Crippen molar-refractivity contribution in [3.05, 3.63) is 68.5 Å². The molecule has 1 aromatic heterocycles. The Morgan fingerprint density at radius 2 is 1.55 bits per heavy atom. The Morgan fingerprint density at radius 1 is 1.00 bits per heavy atom. The van der Waals surface area contributed by atoms with Gasteiger partial charge in [0.25, 0.3) is 0 Å². The molecule has 8 nitrogen and oxygen atoms in total. The predicted octanol–water partition coefficient (Wildman–Crippen LogP) is 1.93. The maximum Gasteiger partial charge on any atom is 0.362 e. The van der Waals surface area contributed by atoms with Crippen molar-refractivity contribution in [2.45, 2.75) is 6.54 Å². The normalized spacial score (nSPS) is 10.0. The molecule has 0 amide bonds. The molecule has 0 spiro atoms. The Bertz CT molecular complexity index is 613. The van der Waals surface area contributed by atoms with E-state index in [1.807, 2.05) is 30.3 Å². The van der Waals surface area contributed by atoms with Crippen molar-refractivity contribution in [1.29, 1.82) is 0 Å². The molecule has 0 aliphatic carbocycles. The Morgan fingerprint density at radius 3 is 2.05 bits per heavy atom. The first-order valence-electron chi connectivity index (χ1n) is 5.70. The lowest BCUT2D eigenvalue weighted by Gasteiger charge is -2.05. The zero-order valence-corrected chi connectivity index (χ0v) is 10.3. The first kappa shape index (κ1) is 13.4. The number of hydrogen-bond donors (Lipinski definition) is 1. The van der Waals surface area contributed by atoms with Gasteiger partial charge < -0.3 is 5.32 Å². The van der Waals surface area contributed by atoms with E-state index in [1.54, 1.807) is 0 Å². The number of anilines is 1. The van der Waals surface area contributed by atoms with Gasteiger partial charge in [-0.1, -0.05) is 30.3 Å². The van der Waals surface area contributed by atoms with Gasteiger partial charge in [-0.2, -0.15) is 0 Å². The van der Waals surface area contributed by atoms with Crippen LogP contribution >= 0.6 is 0 Å². The van der Waals surface area contributed by atoms with Gasteiger partial charge in [-0.3, -0.25) is 20.2 Å². The monoisotopic (exact) mass is 275 g/mol. The largest absolute Gasteiger partial charge is 0.369 e. The predicted molar refractivity (Wildman–Crippen MR) is 70.1 cm³/mol. The average molecular weight is 275 g/mol. The number of nitro groups is 2. The molecule has 0 bridgehead atoms. The Labute approximate surface area is 113 Å². The van der Waals surface area contributed by atoms with Gasteiger partial charge in [-0.05, 0) is 5.56 Å². The van der Waals surface area contributed by atoms with Crippen LogP contribution < -0.4 is 10.3 Å². The molecule has 2 aromatic rings. The maximum absolute atomic E-state index is 10.9. The van der Waals surface area contributed by atoms with E-state index in [-0.39, 0.29) is 23.6 Å². The summed E-state index contributed by atoms with van der Waals surface area (Å²) in [5.41, 5.74) is 0.0248. The number of nitrogens with one attached hydrogen (secondary N) is 2. The second-order valence-electron chi connectivity index (χ2n) is 3.95. The minimum atomic E-state index is -0.670. The molecule has 2 N–H and O–H groups in total. The minimum Gasteiger partial charge on any atom is -0.369 e. The van der Waals surface area contributed by atoms with Crippen molar-refractivity contribution in [3.8, 4) is 0 Å². The number of benzene rings is 1. The molecule has 0 fully saturated rings. The molecule has 2 rings (SSSR count). The number of H-pyrrole nitrogens is 1. The molecule has 1 aromatic carbocycles. The third-order valence-electron chi connectivity index (χ3n) is 2.66. The summed E-state index contributed by atoms with van der Waals surface area (Å²) in [6.07, 6.45) is 2.22. The van der Waals surface area contributed by atoms with Crippen LogP contribution in [0.2, 0.25) is 0 Å². The Hall–Kier alpha value is -3.03. The molecular formula is C12H11N4O4+. The molecular weight excluding hydrogens is 264 g/mol. The van der Waals surface area contributed by atoms with Gasteiger partial charge in [-0.25, -0.2) is 4.98 Å². The summed E-state index contributed by atoms with van der Waals surface area (Å²) in [6.45, 7) is 0.256. The van der Waals surface area contributed by atoms with Crippen molar-refractivity contribution in [1.82, 2.24) is 0 Å². The van der Waals surface area contributed by atoms with Crippen molar-refractivity contribution in [2.75, 3.05) is 5.32 Å². The van der Waals surface area contributed by atoms with Crippen LogP contribution in [0.4, 0.5) is 17.1 Å². The van der Waals surface area contributed by atoms with Gasteiger partial charge in [0.2, 0.25) is 18.1 Å². The van der Waals surface area contributed by atoms with Gasteiger partial charge in [0, 0.05) is 6.54 Å². The second kappa shape index (κ2) is 5.74. The third kappa shape index (κ3) is 2.86. The van der Waals surface area contributed by atoms with E-state index in [4.69, 9.17) is 0 Å². The highest BCUT2D eigenvalue weighted by Crippen LogP contribution is 2.31. The molecule has 0 aliphatic rings. The van der Waals surface area contributed by atoms with Gasteiger partial charge in [0.05, 0.1) is 9.85 Å². The maximum atomic E-state index is 10.9. The second-order valence-corrected chi connectivity index (χ2v) is 3.95. The summed E-state index contributed by atoms with van der Waals surface area (Å²) in [5, 5.41) is 24.6. The van der Waals surface area contributed by atoms with Crippen LogP contribution in [0, 0.1) is 20.2 Å². The van der Waals surface area contributed by atoms with Crippen LogP contribution in [0.15, 0.2) is 42.7 Å². The van der Waals surface area contributed by atoms with Crippen LogP contribution in [-0.4, -0.2) is 9.85 Å². The number of nitrogens with zero attached hydrogens (tertiary/aromatic N) is 2. The molecule has 0 radical (unpaired) electrons. The standard InChI is InChI=1S/C12H10N4O4/c17-15(18)10-7-13-8-11(16(19)20)12(10)14-6-9-4-2-1-3-5-9/h1-5,7-8H,6H2,(H,13,14)/p+1. The van der Waals surface area contributed by atoms with Crippen molar-refractivity contribution in [2.24, 2.45) is 0 Å². The minimum absolute atomic E-state index is 0.109. The molecule has 102 valence electrons. The Kier molecular flexibility index (Phi) is 3.85. The molecule has 1 heterocycles. The summed E-state index contributed by atoms with van der Waals surface area (Å²) < 4.78 is 0.